The molecule has 0 bridgehead atoms. The van der Waals surface area contributed by atoms with Gasteiger partial charge in [0.2, 0.25) is 0 Å². The van der Waals surface area contributed by atoms with E-state index in [4.69, 9.17) is 33.5 Å². The summed E-state index contributed by atoms with van der Waals surface area (Å²) in [7, 11) is 0. The number of benzene rings is 4. The first-order chi connectivity index (χ1) is 31.5. The molecule has 2 atom stereocenters. The largest absolute Gasteiger partial charge is 0.494 e. The lowest BCUT2D eigenvalue weighted by Gasteiger charge is -2.11. The van der Waals surface area contributed by atoms with Crippen LogP contribution in [0.3, 0.4) is 0 Å². The van der Waals surface area contributed by atoms with Crippen molar-refractivity contribution in [2.45, 2.75) is 76.4 Å². The van der Waals surface area contributed by atoms with Gasteiger partial charge in [0.05, 0.1) is 26.4 Å². The number of rotatable bonds is 24. The maximum Gasteiger partial charge on any atom is 0.334 e. The molecule has 0 aliphatic carbocycles. The number of cyclic esters (lactones) is 2. The molecule has 12 nitrogen and oxygen atoms in total. The van der Waals surface area contributed by atoms with Gasteiger partial charge in [0.1, 0.15) is 47.8 Å². The Morgan fingerprint density at radius 3 is 1.06 bits per heavy atom. The summed E-state index contributed by atoms with van der Waals surface area (Å²) in [6.45, 7) is 13.3. The number of hydrogen-bond donors (Lipinski definition) is 1. The van der Waals surface area contributed by atoms with Crippen molar-refractivity contribution < 1.29 is 57.5 Å². The first-order valence-corrected chi connectivity index (χ1v) is 22.7. The SMILES string of the molecule is C=C(CBr)C(=O)O.C=C1CC(c2ccc(OCCCCCCOc3ccc(C4CC(=C)C(=O)O4)cc3)cc2)OC1=O.O=Cc1ccc(OCCCCCCOc2ccc(C=O)cc2)cc1. The molecule has 13 heteroatoms. The van der Waals surface area contributed by atoms with Crippen LogP contribution < -0.4 is 18.9 Å². The Bertz CT molecular complexity index is 1990. The summed E-state index contributed by atoms with van der Waals surface area (Å²) in [4.78, 5) is 53.9. The Balaban J connectivity index is 0.000000259. The number of aliphatic carboxylic acids is 1. The number of ether oxygens (including phenoxy) is 6. The molecule has 2 fully saturated rings. The van der Waals surface area contributed by atoms with Gasteiger partial charge in [-0.15, -0.1) is 0 Å². The zero-order chi connectivity index (χ0) is 46.8. The molecule has 6 rings (SSSR count). The fourth-order valence-corrected chi connectivity index (χ4v) is 6.51. The second kappa shape index (κ2) is 28.3. The highest BCUT2D eigenvalue weighted by molar-refractivity contribution is 9.09. The minimum atomic E-state index is -0.947. The molecule has 65 heavy (non-hydrogen) atoms. The highest BCUT2D eigenvalue weighted by Crippen LogP contribution is 2.34. The Morgan fingerprint density at radius 1 is 0.554 bits per heavy atom. The van der Waals surface area contributed by atoms with Crippen molar-refractivity contribution in [1.82, 2.24) is 0 Å². The van der Waals surface area contributed by atoms with Crippen LogP contribution in [0, 0.1) is 0 Å². The summed E-state index contributed by atoms with van der Waals surface area (Å²) in [5, 5.41) is 8.39. The summed E-state index contributed by atoms with van der Waals surface area (Å²) in [6, 6.07) is 29.7. The maximum absolute atomic E-state index is 11.5. The van der Waals surface area contributed by atoms with Gasteiger partial charge in [0.15, 0.2) is 0 Å². The Labute approximate surface area is 389 Å². The summed E-state index contributed by atoms with van der Waals surface area (Å²) in [5.41, 5.74) is 4.46. The van der Waals surface area contributed by atoms with Gasteiger partial charge >= 0.3 is 17.9 Å². The van der Waals surface area contributed by atoms with E-state index in [0.717, 1.165) is 98.1 Å². The highest BCUT2D eigenvalue weighted by atomic mass is 79.9. The second-order valence-electron chi connectivity index (χ2n) is 15.2. The van der Waals surface area contributed by atoms with Crippen LogP contribution >= 0.6 is 15.9 Å². The van der Waals surface area contributed by atoms with E-state index in [9.17, 15) is 24.0 Å². The summed E-state index contributed by atoms with van der Waals surface area (Å²) < 4.78 is 33.5. The minimum absolute atomic E-state index is 0.181. The smallest absolute Gasteiger partial charge is 0.334 e. The van der Waals surface area contributed by atoms with Crippen LogP contribution in [0.5, 0.6) is 23.0 Å². The summed E-state index contributed by atoms with van der Waals surface area (Å²) >= 11 is 2.93. The average Bonchev–Trinajstić information content (AvgIpc) is 3.86. The Kier molecular flexibility index (Phi) is 22.3. The fourth-order valence-electron chi connectivity index (χ4n) is 6.27. The molecule has 2 aliphatic rings. The van der Waals surface area contributed by atoms with Crippen molar-refractivity contribution in [2.24, 2.45) is 0 Å². The van der Waals surface area contributed by atoms with E-state index in [2.05, 4.69) is 35.7 Å². The molecule has 0 spiro atoms. The van der Waals surface area contributed by atoms with Crippen LogP contribution in [0.4, 0.5) is 0 Å². The molecule has 0 amide bonds. The van der Waals surface area contributed by atoms with E-state index in [1.54, 1.807) is 24.3 Å². The first kappa shape index (κ1) is 51.2. The third-order valence-corrected chi connectivity index (χ3v) is 10.8. The standard InChI is InChI=1S/C28H30O6.C20H22O4.C4H5BrO2/c1-19-17-25(33-27(19)29)21-7-11-23(12-8-21)31-15-5-3-4-6-16-32-24-13-9-22(10-14-24)26-18-20(2)28(30)34-26;21-15-17-5-9-19(10-6-17)23-13-3-1-2-4-14-24-20-11-7-18(16-22)8-12-20;1-3(2-5)4(6)7/h7-14,25-26H,1-6,15-18H2;5-12,15-16H,1-4,13-14H2;1-2H2,(H,6,7). The van der Waals surface area contributed by atoms with Gasteiger partial charge in [-0.25, -0.2) is 14.4 Å². The Hall–Kier alpha value is -6.47. The zero-order valence-electron chi connectivity index (χ0n) is 36.6. The van der Waals surface area contributed by atoms with E-state index in [1.807, 2.05) is 72.8 Å². The molecular weight excluding hydrogens is 896 g/mol. The molecule has 1 N–H and O–H groups in total. The number of aldehydes is 2. The number of carboxylic acids is 1. The van der Waals surface area contributed by atoms with Crippen LogP contribution in [-0.2, 0) is 23.9 Å². The summed E-state index contributed by atoms with van der Waals surface area (Å²) in [6.07, 6.45) is 10.5. The third-order valence-electron chi connectivity index (χ3n) is 10.1. The lowest BCUT2D eigenvalue weighted by Crippen LogP contribution is -2.01. The molecule has 0 saturated carbocycles. The van der Waals surface area contributed by atoms with E-state index >= 15 is 0 Å². The molecule has 0 aromatic heterocycles. The zero-order valence-corrected chi connectivity index (χ0v) is 38.2. The first-order valence-electron chi connectivity index (χ1n) is 21.6. The van der Waals surface area contributed by atoms with Crippen LogP contribution in [0.2, 0.25) is 0 Å². The van der Waals surface area contributed by atoms with E-state index in [1.165, 1.54) is 0 Å². The monoisotopic (exact) mass is 952 g/mol. The van der Waals surface area contributed by atoms with Crippen molar-refractivity contribution in [3.63, 3.8) is 0 Å². The topological polar surface area (TPSA) is 161 Å². The number of carbonyl (C=O) groups excluding carboxylic acids is 4. The van der Waals surface area contributed by atoms with Crippen molar-refractivity contribution in [3.8, 4) is 23.0 Å². The van der Waals surface area contributed by atoms with Crippen LogP contribution in [-0.4, -0.2) is 67.3 Å². The van der Waals surface area contributed by atoms with Crippen LogP contribution in [0.15, 0.2) is 134 Å². The van der Waals surface area contributed by atoms with E-state index in [-0.39, 0.29) is 29.7 Å². The normalized spacial score (nSPS) is 15.0. The molecule has 2 saturated heterocycles. The maximum atomic E-state index is 11.5. The average molecular weight is 954 g/mol. The number of unbranched alkanes of at least 4 members (excludes halogenated alkanes) is 6. The van der Waals surface area contributed by atoms with Gasteiger partial charge in [-0.2, -0.15) is 0 Å². The summed E-state index contributed by atoms with van der Waals surface area (Å²) in [5.74, 6) is 1.65. The van der Waals surface area contributed by atoms with Crippen molar-refractivity contribution in [2.75, 3.05) is 31.8 Å². The molecule has 4 aromatic carbocycles. The van der Waals surface area contributed by atoms with E-state index < -0.39 is 5.97 Å². The minimum Gasteiger partial charge on any atom is -0.494 e. The number of esters is 2. The molecule has 2 unspecified atom stereocenters. The number of carboxylic acid groups (broad SMARTS) is 1. The predicted octanol–water partition coefficient (Wildman–Crippen LogP) is 11.1. The predicted molar refractivity (Wildman–Crippen MR) is 251 cm³/mol. The van der Waals surface area contributed by atoms with Crippen LogP contribution in [0.25, 0.3) is 0 Å². The van der Waals surface area contributed by atoms with E-state index in [0.29, 0.717) is 66.9 Å². The van der Waals surface area contributed by atoms with Crippen molar-refractivity contribution >= 4 is 46.4 Å². The highest BCUT2D eigenvalue weighted by Gasteiger charge is 2.29. The number of halogens is 1. The van der Waals surface area contributed by atoms with Crippen molar-refractivity contribution in [1.29, 1.82) is 0 Å². The van der Waals surface area contributed by atoms with Gasteiger partial charge in [-0.3, -0.25) is 9.59 Å². The Morgan fingerprint density at radius 2 is 0.846 bits per heavy atom. The molecule has 0 radical (unpaired) electrons. The van der Waals surface area contributed by atoms with Crippen LogP contribution in [0.1, 0.15) is 108 Å². The third kappa shape index (κ3) is 18.6. The number of hydrogen-bond acceptors (Lipinski definition) is 11. The molecule has 2 aliphatic heterocycles. The molecule has 4 aromatic rings. The van der Waals surface area contributed by atoms with Gasteiger partial charge in [-0.05, 0) is 135 Å². The molecular formula is C52H57BrO12. The van der Waals surface area contributed by atoms with Crippen molar-refractivity contribution in [3.05, 3.63) is 156 Å². The number of alkyl halides is 1. The molecule has 2 heterocycles. The van der Waals surface area contributed by atoms with Gasteiger partial charge in [-0.1, -0.05) is 59.9 Å². The molecule has 344 valence electrons. The van der Waals surface area contributed by atoms with Gasteiger partial charge in [0.25, 0.3) is 0 Å². The lowest BCUT2D eigenvalue weighted by molar-refractivity contribution is -0.140. The lowest BCUT2D eigenvalue weighted by atomic mass is 10.1. The number of carbonyl (C=O) groups is 5. The van der Waals surface area contributed by atoms with Gasteiger partial charge < -0.3 is 33.5 Å². The second-order valence-corrected chi connectivity index (χ2v) is 15.7. The quantitative estimate of drug-likeness (QED) is 0.0233. The van der Waals surface area contributed by atoms with Gasteiger partial charge in [0, 0.05) is 46.0 Å². The fraction of sp³-hybridized carbons (Fsp3) is 0.327.